The highest BCUT2D eigenvalue weighted by Gasteiger charge is 2.45. The van der Waals surface area contributed by atoms with Crippen molar-refractivity contribution in [3.63, 3.8) is 0 Å². The van der Waals surface area contributed by atoms with Gasteiger partial charge in [-0.25, -0.2) is 0 Å². The molecular formula is C22H23F3N2O3. The Morgan fingerprint density at radius 2 is 1.93 bits per heavy atom. The molecule has 160 valence electrons. The van der Waals surface area contributed by atoms with Gasteiger partial charge in [-0.2, -0.15) is 13.2 Å². The molecule has 0 spiro atoms. The minimum absolute atomic E-state index is 0.0540. The molecule has 2 atom stereocenters. The van der Waals surface area contributed by atoms with E-state index < -0.39 is 18.1 Å². The molecule has 2 aliphatic rings. The fourth-order valence-electron chi connectivity index (χ4n) is 4.12. The minimum atomic E-state index is -4.10. The Kier molecular flexibility index (Phi) is 5.66. The monoisotopic (exact) mass is 420 g/mol. The summed E-state index contributed by atoms with van der Waals surface area (Å²) in [5.41, 5.74) is 2.20. The number of aromatic nitrogens is 2. The number of pyridine rings is 2. The number of hydrogen-bond acceptors (Lipinski definition) is 4. The Balaban J connectivity index is 1.36. The number of rotatable bonds is 6. The molecule has 2 aromatic heterocycles. The summed E-state index contributed by atoms with van der Waals surface area (Å²) in [4.78, 5) is 19.9. The predicted molar refractivity (Wildman–Crippen MR) is 103 cm³/mol. The van der Waals surface area contributed by atoms with Gasteiger partial charge in [0.05, 0.1) is 30.3 Å². The Morgan fingerprint density at radius 1 is 1.17 bits per heavy atom. The smallest absolute Gasteiger partial charge is 0.391 e. The summed E-state index contributed by atoms with van der Waals surface area (Å²) in [6.45, 7) is 0.367. The second kappa shape index (κ2) is 8.24. The average Bonchev–Trinajstić information content (AvgIpc) is 3.54. The second-order valence-corrected chi connectivity index (χ2v) is 8.21. The van der Waals surface area contributed by atoms with Gasteiger partial charge in [-0.1, -0.05) is 6.07 Å². The normalized spacial score (nSPS) is 26.2. The van der Waals surface area contributed by atoms with Gasteiger partial charge in [0.15, 0.2) is 0 Å². The van der Waals surface area contributed by atoms with Gasteiger partial charge in [0.1, 0.15) is 5.75 Å². The maximum atomic E-state index is 12.8. The van der Waals surface area contributed by atoms with Gasteiger partial charge in [-0.3, -0.25) is 14.8 Å². The summed E-state index contributed by atoms with van der Waals surface area (Å²) < 4.78 is 44.2. The van der Waals surface area contributed by atoms with Gasteiger partial charge in [0, 0.05) is 23.4 Å². The Labute approximate surface area is 172 Å². The van der Waals surface area contributed by atoms with Crippen molar-refractivity contribution in [2.24, 2.45) is 17.8 Å². The zero-order valence-corrected chi connectivity index (χ0v) is 16.3. The summed E-state index contributed by atoms with van der Waals surface area (Å²) in [7, 11) is 0. The van der Waals surface area contributed by atoms with Crippen LogP contribution in [0.4, 0.5) is 13.2 Å². The van der Waals surface area contributed by atoms with Crippen LogP contribution in [0.2, 0.25) is 0 Å². The largest absolute Gasteiger partial charge is 0.492 e. The number of carboxylic acid groups (broad SMARTS) is 1. The second-order valence-electron chi connectivity index (χ2n) is 8.21. The van der Waals surface area contributed by atoms with E-state index in [1.54, 1.807) is 12.4 Å². The van der Waals surface area contributed by atoms with Crippen LogP contribution in [0.1, 0.15) is 43.7 Å². The maximum Gasteiger partial charge on any atom is 0.391 e. The molecule has 2 saturated carbocycles. The summed E-state index contributed by atoms with van der Waals surface area (Å²) in [6.07, 6.45) is 1.07. The van der Waals surface area contributed by atoms with E-state index in [1.807, 2.05) is 24.3 Å². The molecule has 0 radical (unpaired) electrons. The molecule has 2 aliphatic carbocycles. The van der Waals surface area contributed by atoms with Crippen LogP contribution in [0.3, 0.4) is 0 Å². The van der Waals surface area contributed by atoms with Crippen molar-refractivity contribution >= 4 is 5.97 Å². The fraction of sp³-hybridized carbons (Fsp3) is 0.500. The first kappa shape index (κ1) is 20.6. The minimum Gasteiger partial charge on any atom is -0.492 e. The molecule has 30 heavy (non-hydrogen) atoms. The number of halogens is 3. The SMILES string of the molecule is O=C(O)[C@@H]1C[C@H]1c1cccc(-c2cncc(OCC3CCC(C(F)(F)F)CC3)c2)n1. The number of alkyl halides is 3. The van der Waals surface area contributed by atoms with Gasteiger partial charge >= 0.3 is 12.1 Å². The first-order valence-corrected chi connectivity index (χ1v) is 10.2. The van der Waals surface area contributed by atoms with E-state index in [1.165, 1.54) is 0 Å². The van der Waals surface area contributed by atoms with E-state index >= 15 is 0 Å². The zero-order chi connectivity index (χ0) is 21.3. The molecule has 0 aliphatic heterocycles. The number of aliphatic carboxylic acids is 1. The van der Waals surface area contributed by atoms with Gasteiger partial charge in [0.25, 0.3) is 0 Å². The average molecular weight is 420 g/mol. The number of ether oxygens (including phenoxy) is 1. The quantitative estimate of drug-likeness (QED) is 0.706. The molecular weight excluding hydrogens is 397 g/mol. The van der Waals surface area contributed by atoms with Crippen molar-refractivity contribution in [1.82, 2.24) is 9.97 Å². The molecule has 0 saturated heterocycles. The lowest BCUT2D eigenvalue weighted by Gasteiger charge is -2.29. The van der Waals surface area contributed by atoms with E-state index in [2.05, 4.69) is 9.97 Å². The molecule has 0 aromatic carbocycles. The molecule has 2 heterocycles. The van der Waals surface area contributed by atoms with Crippen molar-refractivity contribution in [2.45, 2.75) is 44.2 Å². The van der Waals surface area contributed by atoms with Gasteiger partial charge in [-0.15, -0.1) is 0 Å². The lowest BCUT2D eigenvalue weighted by atomic mass is 9.82. The third-order valence-corrected chi connectivity index (χ3v) is 6.06. The van der Waals surface area contributed by atoms with E-state index in [9.17, 15) is 18.0 Å². The summed E-state index contributed by atoms with van der Waals surface area (Å²) >= 11 is 0. The molecule has 0 unspecified atom stereocenters. The van der Waals surface area contributed by atoms with Crippen molar-refractivity contribution < 1.29 is 27.8 Å². The first-order chi connectivity index (χ1) is 14.3. The number of nitrogens with zero attached hydrogens (tertiary/aromatic N) is 2. The molecule has 5 nitrogen and oxygen atoms in total. The highest BCUT2D eigenvalue weighted by atomic mass is 19.4. The third kappa shape index (κ3) is 4.74. The zero-order valence-electron chi connectivity index (χ0n) is 16.3. The van der Waals surface area contributed by atoms with Crippen molar-refractivity contribution in [2.75, 3.05) is 6.61 Å². The standard InChI is InChI=1S/C22H23F3N2O3/c23-22(24,25)15-6-4-13(5-7-15)12-30-16-8-14(10-26-11-16)19-2-1-3-20(27-19)17-9-18(17)21(28)29/h1-3,8,10-11,13,15,17-18H,4-7,9,12H2,(H,28,29)/t13?,15?,17-,18-/m1/s1. The topological polar surface area (TPSA) is 72.3 Å². The Hall–Kier alpha value is -2.64. The van der Waals surface area contributed by atoms with E-state index in [-0.39, 0.29) is 30.6 Å². The van der Waals surface area contributed by atoms with Gasteiger partial charge in [-0.05, 0) is 56.2 Å². The lowest BCUT2D eigenvalue weighted by Crippen LogP contribution is -2.29. The van der Waals surface area contributed by atoms with Crippen molar-refractivity contribution in [3.8, 4) is 17.0 Å². The van der Waals surface area contributed by atoms with Crippen LogP contribution in [0.25, 0.3) is 11.3 Å². The number of carbonyl (C=O) groups is 1. The molecule has 8 heteroatoms. The molecule has 4 rings (SSSR count). The van der Waals surface area contributed by atoms with Gasteiger partial charge in [0.2, 0.25) is 0 Å². The van der Waals surface area contributed by atoms with Crippen LogP contribution in [-0.4, -0.2) is 33.8 Å². The van der Waals surface area contributed by atoms with Gasteiger partial charge < -0.3 is 9.84 Å². The van der Waals surface area contributed by atoms with Crippen LogP contribution in [-0.2, 0) is 4.79 Å². The van der Waals surface area contributed by atoms with E-state index in [4.69, 9.17) is 9.84 Å². The summed E-state index contributed by atoms with van der Waals surface area (Å²) in [5.74, 6) is -1.75. The first-order valence-electron chi connectivity index (χ1n) is 10.2. The highest BCUT2D eigenvalue weighted by Crippen LogP contribution is 2.47. The Morgan fingerprint density at radius 3 is 2.60 bits per heavy atom. The summed E-state index contributed by atoms with van der Waals surface area (Å²) in [6, 6.07) is 7.33. The molecule has 1 N–H and O–H groups in total. The molecule has 2 fully saturated rings. The van der Waals surface area contributed by atoms with Crippen LogP contribution in [0, 0.1) is 17.8 Å². The fourth-order valence-corrected chi connectivity index (χ4v) is 4.12. The third-order valence-electron chi connectivity index (χ3n) is 6.06. The van der Waals surface area contributed by atoms with Crippen molar-refractivity contribution in [3.05, 3.63) is 42.4 Å². The molecule has 2 aromatic rings. The summed E-state index contributed by atoms with van der Waals surface area (Å²) in [5, 5.41) is 9.12. The van der Waals surface area contributed by atoms with Crippen LogP contribution < -0.4 is 4.74 Å². The number of hydrogen-bond donors (Lipinski definition) is 1. The predicted octanol–water partition coefficient (Wildman–Crippen LogP) is 5.08. The highest BCUT2D eigenvalue weighted by molar-refractivity contribution is 5.75. The molecule has 0 amide bonds. The van der Waals surface area contributed by atoms with E-state index in [0.29, 0.717) is 37.3 Å². The number of carboxylic acids is 1. The maximum absolute atomic E-state index is 12.8. The van der Waals surface area contributed by atoms with Crippen LogP contribution >= 0.6 is 0 Å². The van der Waals surface area contributed by atoms with Crippen molar-refractivity contribution in [1.29, 1.82) is 0 Å². The van der Waals surface area contributed by atoms with Crippen LogP contribution in [0.5, 0.6) is 5.75 Å². The Bertz CT molecular complexity index is 910. The van der Waals surface area contributed by atoms with Crippen LogP contribution in [0.15, 0.2) is 36.7 Å². The van der Waals surface area contributed by atoms with E-state index in [0.717, 1.165) is 11.3 Å². The lowest BCUT2D eigenvalue weighted by molar-refractivity contribution is -0.184. The molecule has 0 bridgehead atoms.